The molecule has 0 aliphatic carbocycles. The number of hydrogen-bond acceptors (Lipinski definition) is 3. The molecule has 1 aliphatic rings. The van der Waals surface area contributed by atoms with E-state index in [1.54, 1.807) is 0 Å². The maximum atomic E-state index is 12.0. The molecule has 1 aliphatic heterocycles. The molecule has 124 valence electrons. The lowest BCUT2D eigenvalue weighted by molar-refractivity contribution is 0.194. The Balaban J connectivity index is 1.71. The Kier molecular flexibility index (Phi) is 4.69. The Morgan fingerprint density at radius 3 is 2.61 bits per heavy atom. The molecule has 3 rings (SSSR count). The van der Waals surface area contributed by atoms with Gasteiger partial charge in [0.05, 0.1) is 11.0 Å². The van der Waals surface area contributed by atoms with E-state index >= 15 is 0 Å². The van der Waals surface area contributed by atoms with Crippen LogP contribution in [-0.2, 0) is 6.54 Å². The van der Waals surface area contributed by atoms with Crippen LogP contribution >= 0.6 is 0 Å². The van der Waals surface area contributed by atoms with Gasteiger partial charge < -0.3 is 19.7 Å². The average molecular weight is 315 g/mol. The van der Waals surface area contributed by atoms with Crippen molar-refractivity contribution in [2.45, 2.75) is 26.8 Å². The number of anilines is 1. The molecule has 0 atom stereocenters. The predicted octanol–water partition coefficient (Wildman–Crippen LogP) is 2.30. The van der Waals surface area contributed by atoms with Gasteiger partial charge in [0, 0.05) is 39.3 Å². The fourth-order valence-corrected chi connectivity index (χ4v) is 3.07. The molecule has 6 nitrogen and oxygen atoms in total. The van der Waals surface area contributed by atoms with Gasteiger partial charge in [0.15, 0.2) is 0 Å². The number of nitrogens with one attached hydrogen (secondary N) is 1. The minimum absolute atomic E-state index is 0.0514. The monoisotopic (exact) mass is 315 g/mol. The molecule has 1 N–H and O–H groups in total. The van der Waals surface area contributed by atoms with Crippen molar-refractivity contribution in [2.75, 3.05) is 37.6 Å². The van der Waals surface area contributed by atoms with E-state index in [2.05, 4.69) is 46.8 Å². The average Bonchev–Trinajstić information content (AvgIpc) is 2.98. The number of para-hydroxylation sites is 2. The van der Waals surface area contributed by atoms with Gasteiger partial charge in [0.2, 0.25) is 5.95 Å². The molecule has 0 radical (unpaired) electrons. The minimum atomic E-state index is 0.0514. The lowest BCUT2D eigenvalue weighted by atomic mass is 10.3. The molecule has 1 aromatic carbocycles. The van der Waals surface area contributed by atoms with Gasteiger partial charge in [-0.15, -0.1) is 0 Å². The van der Waals surface area contributed by atoms with Crippen LogP contribution in [0, 0.1) is 0 Å². The fourth-order valence-electron chi connectivity index (χ4n) is 3.07. The van der Waals surface area contributed by atoms with Crippen LogP contribution in [0.25, 0.3) is 11.0 Å². The Morgan fingerprint density at radius 2 is 1.91 bits per heavy atom. The molecule has 1 aromatic heterocycles. The van der Waals surface area contributed by atoms with Crippen LogP contribution in [0.2, 0.25) is 0 Å². The number of benzene rings is 1. The number of rotatable bonds is 4. The molecular weight excluding hydrogens is 290 g/mol. The second kappa shape index (κ2) is 6.89. The summed E-state index contributed by atoms with van der Waals surface area (Å²) >= 11 is 0. The maximum absolute atomic E-state index is 12.0. The second-order valence-corrected chi connectivity index (χ2v) is 5.85. The first-order valence-electron chi connectivity index (χ1n) is 8.47. The number of aromatic nitrogens is 2. The molecule has 0 saturated carbocycles. The van der Waals surface area contributed by atoms with Crippen LogP contribution in [0.3, 0.4) is 0 Å². The first-order chi connectivity index (χ1) is 11.2. The summed E-state index contributed by atoms with van der Waals surface area (Å²) in [7, 11) is 0. The molecule has 0 unspecified atom stereocenters. The third kappa shape index (κ3) is 3.11. The smallest absolute Gasteiger partial charge is 0.317 e. The van der Waals surface area contributed by atoms with Gasteiger partial charge in [0.25, 0.3) is 0 Å². The lowest BCUT2D eigenvalue weighted by Gasteiger charge is -2.35. The molecule has 0 spiro atoms. The topological polar surface area (TPSA) is 53.4 Å². The second-order valence-electron chi connectivity index (χ2n) is 5.85. The minimum Gasteiger partial charge on any atom is -0.339 e. The summed E-state index contributed by atoms with van der Waals surface area (Å²) in [5.41, 5.74) is 2.21. The molecule has 0 bridgehead atoms. The largest absolute Gasteiger partial charge is 0.339 e. The van der Waals surface area contributed by atoms with Crippen molar-refractivity contribution in [2.24, 2.45) is 0 Å². The van der Waals surface area contributed by atoms with E-state index in [-0.39, 0.29) is 6.03 Å². The van der Waals surface area contributed by atoms with Crippen LogP contribution in [0.5, 0.6) is 0 Å². The molecule has 1 saturated heterocycles. The number of hydrogen-bond donors (Lipinski definition) is 1. The number of urea groups is 1. The van der Waals surface area contributed by atoms with Gasteiger partial charge in [-0.2, -0.15) is 0 Å². The van der Waals surface area contributed by atoms with Crippen molar-refractivity contribution in [1.82, 2.24) is 19.8 Å². The summed E-state index contributed by atoms with van der Waals surface area (Å²) in [6, 6.07) is 8.30. The van der Waals surface area contributed by atoms with E-state index in [0.717, 1.165) is 57.2 Å². The summed E-state index contributed by atoms with van der Waals surface area (Å²) in [6.45, 7) is 8.97. The van der Waals surface area contributed by atoms with E-state index < -0.39 is 0 Å². The van der Waals surface area contributed by atoms with E-state index in [0.29, 0.717) is 0 Å². The molecule has 1 fully saturated rings. The van der Waals surface area contributed by atoms with Crippen molar-refractivity contribution >= 4 is 23.0 Å². The molecule has 2 amide bonds. The number of imidazole rings is 1. The standard InChI is InChI=1S/C17H25N5O/c1-3-9-18-17(23)21-12-10-20(11-13-21)16-19-14-7-5-6-8-15(14)22(16)4-2/h5-8H,3-4,9-13H2,1-2H3,(H,18,23). The van der Waals surface area contributed by atoms with Crippen LogP contribution in [-0.4, -0.2) is 53.2 Å². The zero-order valence-corrected chi connectivity index (χ0v) is 14.0. The molecule has 23 heavy (non-hydrogen) atoms. The van der Waals surface area contributed by atoms with Gasteiger partial charge in [-0.3, -0.25) is 0 Å². The van der Waals surface area contributed by atoms with Crippen molar-refractivity contribution in [3.63, 3.8) is 0 Å². The number of carbonyl (C=O) groups excluding carboxylic acids is 1. The fraction of sp³-hybridized carbons (Fsp3) is 0.529. The lowest BCUT2D eigenvalue weighted by Crippen LogP contribution is -2.52. The number of amides is 2. The maximum Gasteiger partial charge on any atom is 0.317 e. The highest BCUT2D eigenvalue weighted by Gasteiger charge is 2.24. The predicted molar refractivity (Wildman–Crippen MR) is 92.9 cm³/mol. The van der Waals surface area contributed by atoms with Gasteiger partial charge in [-0.25, -0.2) is 9.78 Å². The van der Waals surface area contributed by atoms with Gasteiger partial charge in [-0.05, 0) is 25.5 Å². The van der Waals surface area contributed by atoms with Crippen molar-refractivity contribution in [1.29, 1.82) is 0 Å². The zero-order valence-electron chi connectivity index (χ0n) is 14.0. The van der Waals surface area contributed by atoms with Gasteiger partial charge >= 0.3 is 6.03 Å². The molecule has 2 aromatic rings. The first-order valence-corrected chi connectivity index (χ1v) is 8.47. The highest BCUT2D eigenvalue weighted by Crippen LogP contribution is 2.23. The molecular formula is C17H25N5O. The highest BCUT2D eigenvalue weighted by molar-refractivity contribution is 5.79. The summed E-state index contributed by atoms with van der Waals surface area (Å²) < 4.78 is 2.25. The van der Waals surface area contributed by atoms with Crippen molar-refractivity contribution in [3.8, 4) is 0 Å². The van der Waals surface area contributed by atoms with Gasteiger partial charge in [-0.1, -0.05) is 19.1 Å². The Morgan fingerprint density at radius 1 is 1.17 bits per heavy atom. The summed E-state index contributed by atoms with van der Waals surface area (Å²) in [4.78, 5) is 21.0. The van der Waals surface area contributed by atoms with Crippen LogP contribution in [0.15, 0.2) is 24.3 Å². The normalized spacial score (nSPS) is 15.2. The van der Waals surface area contributed by atoms with Crippen molar-refractivity contribution in [3.05, 3.63) is 24.3 Å². The molecule has 6 heteroatoms. The number of fused-ring (bicyclic) bond motifs is 1. The van der Waals surface area contributed by atoms with Crippen LogP contribution in [0.1, 0.15) is 20.3 Å². The third-order valence-electron chi connectivity index (χ3n) is 4.33. The Hall–Kier alpha value is -2.24. The Labute approximate surface area is 137 Å². The van der Waals surface area contributed by atoms with Crippen molar-refractivity contribution < 1.29 is 4.79 Å². The van der Waals surface area contributed by atoms with Crippen LogP contribution < -0.4 is 10.2 Å². The number of nitrogens with zero attached hydrogens (tertiary/aromatic N) is 4. The highest BCUT2D eigenvalue weighted by atomic mass is 16.2. The van der Waals surface area contributed by atoms with Gasteiger partial charge in [0.1, 0.15) is 0 Å². The zero-order chi connectivity index (χ0) is 16.2. The first kappa shape index (κ1) is 15.6. The van der Waals surface area contributed by atoms with E-state index in [1.165, 1.54) is 5.52 Å². The third-order valence-corrected chi connectivity index (χ3v) is 4.33. The number of carbonyl (C=O) groups is 1. The molecule has 2 heterocycles. The number of aryl methyl sites for hydroxylation is 1. The quantitative estimate of drug-likeness (QED) is 0.942. The summed E-state index contributed by atoms with van der Waals surface area (Å²) in [5, 5.41) is 2.95. The number of piperazine rings is 1. The Bertz CT molecular complexity index is 673. The summed E-state index contributed by atoms with van der Waals surface area (Å²) in [6.07, 6.45) is 0.965. The van der Waals surface area contributed by atoms with E-state index in [9.17, 15) is 4.79 Å². The van der Waals surface area contributed by atoms with E-state index in [1.807, 2.05) is 11.0 Å². The summed E-state index contributed by atoms with van der Waals surface area (Å²) in [5.74, 6) is 1.02. The SMILES string of the molecule is CCCNC(=O)N1CCN(c2nc3ccccc3n2CC)CC1. The van der Waals surface area contributed by atoms with Crippen LogP contribution in [0.4, 0.5) is 10.7 Å². The van der Waals surface area contributed by atoms with E-state index in [4.69, 9.17) is 4.98 Å².